The van der Waals surface area contributed by atoms with Crippen molar-refractivity contribution in [3.63, 3.8) is 0 Å². The summed E-state index contributed by atoms with van der Waals surface area (Å²) in [6.45, 7) is 7.36. The zero-order valence-electron chi connectivity index (χ0n) is 18.9. The number of nitrogens with one attached hydrogen (secondary N) is 2. The summed E-state index contributed by atoms with van der Waals surface area (Å²) in [5.41, 5.74) is 4.99. The summed E-state index contributed by atoms with van der Waals surface area (Å²) in [7, 11) is 0. The van der Waals surface area contributed by atoms with E-state index in [-0.39, 0.29) is 11.9 Å². The SMILES string of the molecule is [C-]#[N+]C1CCc2nccc(Oc3ccc(C(=O)Nc4cccc(Nc5ccncc5)c4)cc3)c2C1. The molecule has 0 spiro atoms. The molecule has 7 nitrogen and oxygen atoms in total. The number of fused-ring (bicyclic) bond motifs is 1. The molecule has 172 valence electrons. The first kappa shape index (κ1) is 22.1. The Hall–Kier alpha value is -4.70. The number of rotatable bonds is 6. The van der Waals surface area contributed by atoms with E-state index in [1.807, 2.05) is 42.5 Å². The van der Waals surface area contributed by atoms with Gasteiger partial charge in [-0.25, -0.2) is 6.57 Å². The quantitative estimate of drug-likeness (QED) is 0.342. The number of nitrogens with zero attached hydrogens (tertiary/aromatic N) is 3. The first-order chi connectivity index (χ1) is 17.2. The maximum atomic E-state index is 12.8. The summed E-state index contributed by atoms with van der Waals surface area (Å²) in [5.74, 6) is 1.14. The van der Waals surface area contributed by atoms with Crippen molar-refractivity contribution in [1.82, 2.24) is 9.97 Å². The van der Waals surface area contributed by atoms with E-state index >= 15 is 0 Å². The maximum Gasteiger partial charge on any atom is 0.255 e. The lowest BCUT2D eigenvalue weighted by molar-refractivity contribution is 0.102. The van der Waals surface area contributed by atoms with Crippen LogP contribution >= 0.6 is 0 Å². The Morgan fingerprint density at radius 3 is 2.57 bits per heavy atom. The minimum Gasteiger partial charge on any atom is -0.457 e. The van der Waals surface area contributed by atoms with E-state index in [1.165, 1.54) is 0 Å². The Balaban J connectivity index is 1.25. The lowest BCUT2D eigenvalue weighted by Gasteiger charge is -2.19. The number of hydrogen-bond donors (Lipinski definition) is 2. The van der Waals surface area contributed by atoms with Crippen LogP contribution in [0.2, 0.25) is 0 Å². The van der Waals surface area contributed by atoms with Gasteiger partial charge in [-0.2, -0.15) is 0 Å². The second kappa shape index (κ2) is 10.1. The first-order valence-corrected chi connectivity index (χ1v) is 11.4. The van der Waals surface area contributed by atoms with E-state index in [0.29, 0.717) is 23.4 Å². The molecule has 35 heavy (non-hydrogen) atoms. The highest BCUT2D eigenvalue weighted by Crippen LogP contribution is 2.32. The molecule has 0 saturated carbocycles. The molecule has 1 atom stereocenters. The van der Waals surface area contributed by atoms with Gasteiger partial charge < -0.3 is 20.2 Å². The summed E-state index contributed by atoms with van der Waals surface area (Å²) in [4.78, 5) is 25.0. The molecule has 0 radical (unpaired) electrons. The molecule has 2 N–H and O–H groups in total. The zero-order chi connectivity index (χ0) is 24.0. The van der Waals surface area contributed by atoms with Crippen LogP contribution in [0.1, 0.15) is 28.0 Å². The molecule has 4 aromatic rings. The van der Waals surface area contributed by atoms with Gasteiger partial charge in [0.05, 0.1) is 6.42 Å². The van der Waals surface area contributed by atoms with Gasteiger partial charge in [0, 0.05) is 58.9 Å². The van der Waals surface area contributed by atoms with Crippen molar-refractivity contribution >= 4 is 23.0 Å². The molecular weight excluding hydrogens is 438 g/mol. The van der Waals surface area contributed by atoms with Gasteiger partial charge in [-0.15, -0.1) is 0 Å². The number of hydrogen-bond acceptors (Lipinski definition) is 5. The van der Waals surface area contributed by atoms with Crippen molar-refractivity contribution in [2.75, 3.05) is 10.6 Å². The largest absolute Gasteiger partial charge is 0.457 e. The Labute approximate surface area is 203 Å². The molecular formula is C28H23N5O2. The molecule has 7 heteroatoms. The molecule has 0 aliphatic heterocycles. The minimum absolute atomic E-state index is 0.0291. The number of amides is 1. The second-order valence-electron chi connectivity index (χ2n) is 8.28. The number of carbonyl (C=O) groups excluding carboxylic acids is 1. The van der Waals surface area contributed by atoms with Crippen LogP contribution in [0.4, 0.5) is 17.1 Å². The molecule has 5 rings (SSSR count). The van der Waals surface area contributed by atoms with Crippen LogP contribution in [0, 0.1) is 6.57 Å². The van der Waals surface area contributed by atoms with E-state index < -0.39 is 0 Å². The summed E-state index contributed by atoms with van der Waals surface area (Å²) in [6, 6.07) is 20.1. The zero-order valence-corrected chi connectivity index (χ0v) is 18.9. The molecule has 1 unspecified atom stereocenters. The van der Waals surface area contributed by atoms with Gasteiger partial charge >= 0.3 is 0 Å². The molecule has 1 aliphatic rings. The van der Waals surface area contributed by atoms with Crippen molar-refractivity contribution in [3.8, 4) is 11.5 Å². The number of pyridine rings is 2. The number of carbonyl (C=O) groups is 1. The lowest BCUT2D eigenvalue weighted by atomic mass is 9.92. The number of anilines is 3. The maximum absolute atomic E-state index is 12.8. The topological polar surface area (TPSA) is 80.5 Å². The second-order valence-corrected chi connectivity index (χ2v) is 8.28. The number of ether oxygens (including phenoxy) is 1. The molecule has 0 fully saturated rings. The summed E-state index contributed by atoms with van der Waals surface area (Å²) in [6.07, 6.45) is 7.45. The Morgan fingerprint density at radius 2 is 1.77 bits per heavy atom. The van der Waals surface area contributed by atoms with Crippen LogP contribution in [0.3, 0.4) is 0 Å². The highest BCUT2D eigenvalue weighted by Gasteiger charge is 2.26. The fourth-order valence-electron chi connectivity index (χ4n) is 4.08. The van der Waals surface area contributed by atoms with Gasteiger partial charge in [0.15, 0.2) is 0 Å². The third-order valence-corrected chi connectivity index (χ3v) is 5.87. The van der Waals surface area contributed by atoms with Gasteiger partial charge in [-0.05, 0) is 67.1 Å². The average molecular weight is 462 g/mol. The van der Waals surface area contributed by atoms with Crippen LogP contribution < -0.4 is 15.4 Å². The molecule has 0 saturated heterocycles. The molecule has 2 heterocycles. The third-order valence-electron chi connectivity index (χ3n) is 5.87. The van der Waals surface area contributed by atoms with Crippen molar-refractivity contribution < 1.29 is 9.53 Å². The van der Waals surface area contributed by atoms with E-state index in [0.717, 1.165) is 41.2 Å². The molecule has 2 aromatic heterocycles. The lowest BCUT2D eigenvalue weighted by Crippen LogP contribution is -2.17. The van der Waals surface area contributed by atoms with E-state index in [1.54, 1.807) is 42.9 Å². The smallest absolute Gasteiger partial charge is 0.255 e. The normalized spacial score (nSPS) is 14.3. The third kappa shape index (κ3) is 5.28. The fraction of sp³-hybridized carbons (Fsp3) is 0.143. The first-order valence-electron chi connectivity index (χ1n) is 11.4. The van der Waals surface area contributed by atoms with Crippen LogP contribution in [-0.2, 0) is 12.8 Å². The molecule has 1 amide bonds. The monoisotopic (exact) mass is 461 g/mol. The predicted molar refractivity (Wildman–Crippen MR) is 135 cm³/mol. The van der Waals surface area contributed by atoms with Crippen molar-refractivity contribution in [2.45, 2.75) is 25.3 Å². The van der Waals surface area contributed by atoms with Crippen LogP contribution in [0.5, 0.6) is 11.5 Å². The highest BCUT2D eigenvalue weighted by molar-refractivity contribution is 6.04. The van der Waals surface area contributed by atoms with E-state index in [9.17, 15) is 4.79 Å². The van der Waals surface area contributed by atoms with Crippen LogP contribution in [0.15, 0.2) is 85.3 Å². The van der Waals surface area contributed by atoms with E-state index in [2.05, 4.69) is 25.4 Å². The van der Waals surface area contributed by atoms with Gasteiger partial charge in [-0.3, -0.25) is 14.8 Å². The number of aromatic nitrogens is 2. The Kier molecular flexibility index (Phi) is 6.35. The molecule has 2 aromatic carbocycles. The van der Waals surface area contributed by atoms with Crippen LogP contribution in [-0.4, -0.2) is 21.9 Å². The van der Waals surface area contributed by atoms with Gasteiger partial charge in [0.25, 0.3) is 5.91 Å². The van der Waals surface area contributed by atoms with Gasteiger partial charge in [0.1, 0.15) is 11.5 Å². The fourth-order valence-corrected chi connectivity index (χ4v) is 4.08. The highest BCUT2D eigenvalue weighted by atomic mass is 16.5. The average Bonchev–Trinajstić information content (AvgIpc) is 2.90. The number of benzene rings is 2. The van der Waals surface area contributed by atoms with Crippen molar-refractivity contribution in [2.24, 2.45) is 0 Å². The van der Waals surface area contributed by atoms with Crippen molar-refractivity contribution in [1.29, 1.82) is 0 Å². The molecule has 0 bridgehead atoms. The summed E-state index contributed by atoms with van der Waals surface area (Å²) in [5, 5.41) is 6.22. The number of aryl methyl sites for hydroxylation is 1. The van der Waals surface area contributed by atoms with Gasteiger partial charge in [0.2, 0.25) is 6.04 Å². The Bertz CT molecular complexity index is 1380. The Morgan fingerprint density at radius 1 is 0.971 bits per heavy atom. The summed E-state index contributed by atoms with van der Waals surface area (Å²) >= 11 is 0. The van der Waals surface area contributed by atoms with E-state index in [4.69, 9.17) is 11.3 Å². The van der Waals surface area contributed by atoms with Crippen molar-refractivity contribution in [3.05, 3.63) is 114 Å². The standard InChI is InChI=1S/C28H23N5O2/c1-29-21-7-10-26-25(18-21)27(13-16-31-26)35-24-8-5-19(6-9-24)28(34)33-23-4-2-3-22(17-23)32-20-11-14-30-15-12-20/h2-6,8-9,11-17,21H,7,10,18H2,(H,30,32)(H,33,34). The predicted octanol–water partition coefficient (Wildman–Crippen LogP) is 6.04. The summed E-state index contributed by atoms with van der Waals surface area (Å²) < 4.78 is 6.11. The van der Waals surface area contributed by atoms with Gasteiger partial charge in [-0.1, -0.05) is 6.07 Å². The molecule has 1 aliphatic carbocycles. The van der Waals surface area contributed by atoms with Crippen LogP contribution in [0.25, 0.3) is 4.85 Å². The minimum atomic E-state index is -0.209.